The Kier molecular flexibility index (Phi) is 7.65. The Morgan fingerprint density at radius 3 is 2.19 bits per heavy atom. The first-order valence-electron chi connectivity index (χ1n) is 12.5. The summed E-state index contributed by atoms with van der Waals surface area (Å²) in [5, 5.41) is 0. The standard InChI is InChI=1S/C26H39N3O2/c1-21(30)28-17-12-23(13-18-28)19-22-8-10-24(11-9-22)26(31)29-16-6-3-7-25(29)20-27-14-4-2-5-15-27/h8-11,23,25H,2-7,12-20H2,1H3. The molecule has 170 valence electrons. The summed E-state index contributed by atoms with van der Waals surface area (Å²) in [6, 6.07) is 8.73. The van der Waals surface area contributed by atoms with Gasteiger partial charge in [-0.1, -0.05) is 18.6 Å². The summed E-state index contributed by atoms with van der Waals surface area (Å²) in [7, 11) is 0. The molecule has 0 radical (unpaired) electrons. The number of hydrogen-bond acceptors (Lipinski definition) is 3. The molecule has 31 heavy (non-hydrogen) atoms. The monoisotopic (exact) mass is 425 g/mol. The number of nitrogens with zero attached hydrogens (tertiary/aromatic N) is 3. The van der Waals surface area contributed by atoms with Gasteiger partial charge in [0.05, 0.1) is 0 Å². The molecule has 0 bridgehead atoms. The molecule has 1 aromatic carbocycles. The van der Waals surface area contributed by atoms with Crippen LogP contribution in [0.2, 0.25) is 0 Å². The summed E-state index contributed by atoms with van der Waals surface area (Å²) in [5.74, 6) is 1.04. The molecule has 0 N–H and O–H groups in total. The third kappa shape index (κ3) is 5.88. The van der Waals surface area contributed by atoms with Crippen molar-refractivity contribution in [2.24, 2.45) is 5.92 Å². The van der Waals surface area contributed by atoms with Crippen LogP contribution in [0.5, 0.6) is 0 Å². The van der Waals surface area contributed by atoms with Crippen LogP contribution in [0.4, 0.5) is 0 Å². The van der Waals surface area contributed by atoms with E-state index in [1.165, 1.54) is 44.3 Å². The van der Waals surface area contributed by atoms with E-state index in [0.717, 1.165) is 63.8 Å². The molecular weight excluding hydrogens is 386 g/mol. The first kappa shape index (κ1) is 22.3. The molecule has 1 unspecified atom stereocenters. The number of likely N-dealkylation sites (tertiary alicyclic amines) is 3. The molecule has 0 aromatic heterocycles. The predicted molar refractivity (Wildman–Crippen MR) is 124 cm³/mol. The van der Waals surface area contributed by atoms with Crippen molar-refractivity contribution in [1.82, 2.24) is 14.7 Å². The molecule has 3 fully saturated rings. The quantitative estimate of drug-likeness (QED) is 0.717. The maximum absolute atomic E-state index is 13.3. The van der Waals surface area contributed by atoms with Gasteiger partial charge in [0, 0.05) is 44.7 Å². The third-order valence-corrected chi connectivity index (χ3v) is 7.59. The van der Waals surface area contributed by atoms with Crippen LogP contribution in [0.1, 0.15) is 74.2 Å². The first-order valence-corrected chi connectivity index (χ1v) is 12.5. The van der Waals surface area contributed by atoms with E-state index in [1.807, 2.05) is 17.0 Å². The van der Waals surface area contributed by atoms with Crippen molar-refractivity contribution in [1.29, 1.82) is 0 Å². The lowest BCUT2D eigenvalue weighted by Gasteiger charge is -2.39. The van der Waals surface area contributed by atoms with Crippen LogP contribution in [-0.2, 0) is 11.2 Å². The normalized spacial score (nSPS) is 23.7. The summed E-state index contributed by atoms with van der Waals surface area (Å²) in [4.78, 5) is 31.5. The minimum atomic E-state index is 0.192. The van der Waals surface area contributed by atoms with E-state index in [1.54, 1.807) is 6.92 Å². The Morgan fingerprint density at radius 1 is 0.839 bits per heavy atom. The molecule has 3 saturated heterocycles. The van der Waals surface area contributed by atoms with E-state index in [4.69, 9.17) is 0 Å². The maximum Gasteiger partial charge on any atom is 0.254 e. The summed E-state index contributed by atoms with van der Waals surface area (Å²) in [6.07, 6.45) is 10.7. The summed E-state index contributed by atoms with van der Waals surface area (Å²) >= 11 is 0. The fourth-order valence-electron chi connectivity index (χ4n) is 5.63. The summed E-state index contributed by atoms with van der Waals surface area (Å²) < 4.78 is 0. The second kappa shape index (κ2) is 10.6. The second-order valence-corrected chi connectivity index (χ2v) is 9.86. The fourth-order valence-corrected chi connectivity index (χ4v) is 5.63. The van der Waals surface area contributed by atoms with Gasteiger partial charge in [0.1, 0.15) is 0 Å². The van der Waals surface area contributed by atoms with Crippen LogP contribution >= 0.6 is 0 Å². The number of amides is 2. The number of carbonyl (C=O) groups excluding carboxylic acids is 2. The molecule has 0 saturated carbocycles. The minimum absolute atomic E-state index is 0.192. The Bertz CT molecular complexity index is 734. The Labute approximate surface area is 187 Å². The zero-order valence-electron chi connectivity index (χ0n) is 19.2. The van der Waals surface area contributed by atoms with Crippen LogP contribution < -0.4 is 0 Å². The number of carbonyl (C=O) groups is 2. The highest BCUT2D eigenvalue weighted by atomic mass is 16.2. The van der Waals surface area contributed by atoms with Gasteiger partial charge in [-0.25, -0.2) is 0 Å². The maximum atomic E-state index is 13.3. The number of rotatable bonds is 5. The summed E-state index contributed by atoms with van der Waals surface area (Å²) in [5.41, 5.74) is 2.14. The molecule has 1 atom stereocenters. The van der Waals surface area contributed by atoms with Gasteiger partial charge in [-0.3, -0.25) is 9.59 Å². The lowest BCUT2D eigenvalue weighted by atomic mass is 9.90. The van der Waals surface area contributed by atoms with Crippen LogP contribution in [0.3, 0.4) is 0 Å². The lowest BCUT2D eigenvalue weighted by Crippen LogP contribution is -2.50. The largest absolute Gasteiger partial charge is 0.343 e. The Balaban J connectivity index is 1.33. The van der Waals surface area contributed by atoms with Crippen LogP contribution in [0.25, 0.3) is 0 Å². The molecule has 5 nitrogen and oxygen atoms in total. The van der Waals surface area contributed by atoms with Crippen molar-refractivity contribution in [2.75, 3.05) is 39.3 Å². The van der Waals surface area contributed by atoms with E-state index >= 15 is 0 Å². The summed E-state index contributed by atoms with van der Waals surface area (Å²) in [6.45, 7) is 7.75. The molecule has 0 spiro atoms. The van der Waals surface area contributed by atoms with Crippen molar-refractivity contribution in [3.63, 3.8) is 0 Å². The van der Waals surface area contributed by atoms with Gasteiger partial charge in [-0.05, 0) is 88.1 Å². The predicted octanol–water partition coefficient (Wildman–Crippen LogP) is 3.97. The van der Waals surface area contributed by atoms with E-state index in [9.17, 15) is 9.59 Å². The van der Waals surface area contributed by atoms with Crippen molar-refractivity contribution in [3.05, 3.63) is 35.4 Å². The lowest BCUT2D eigenvalue weighted by molar-refractivity contribution is -0.130. The van der Waals surface area contributed by atoms with Crippen molar-refractivity contribution < 1.29 is 9.59 Å². The fraction of sp³-hybridized carbons (Fsp3) is 0.692. The van der Waals surface area contributed by atoms with E-state index in [0.29, 0.717) is 12.0 Å². The topological polar surface area (TPSA) is 43.9 Å². The van der Waals surface area contributed by atoms with Gasteiger partial charge in [0.25, 0.3) is 5.91 Å². The highest BCUT2D eigenvalue weighted by Crippen LogP contribution is 2.24. The zero-order chi connectivity index (χ0) is 21.6. The van der Waals surface area contributed by atoms with E-state index < -0.39 is 0 Å². The molecule has 3 aliphatic heterocycles. The zero-order valence-corrected chi connectivity index (χ0v) is 19.2. The second-order valence-electron chi connectivity index (χ2n) is 9.86. The first-order chi connectivity index (χ1) is 15.1. The van der Waals surface area contributed by atoms with Gasteiger partial charge in [-0.2, -0.15) is 0 Å². The average molecular weight is 426 g/mol. The van der Waals surface area contributed by atoms with Crippen molar-refractivity contribution in [3.8, 4) is 0 Å². The van der Waals surface area contributed by atoms with E-state index in [-0.39, 0.29) is 11.8 Å². The molecule has 5 heteroatoms. The number of benzene rings is 1. The number of hydrogen-bond donors (Lipinski definition) is 0. The molecule has 3 aliphatic rings. The molecule has 4 rings (SSSR count). The molecule has 1 aromatic rings. The van der Waals surface area contributed by atoms with Gasteiger partial charge < -0.3 is 14.7 Å². The van der Waals surface area contributed by atoms with E-state index in [2.05, 4.69) is 21.9 Å². The van der Waals surface area contributed by atoms with Gasteiger partial charge >= 0.3 is 0 Å². The molecule has 0 aliphatic carbocycles. The average Bonchev–Trinajstić information content (AvgIpc) is 2.80. The highest BCUT2D eigenvalue weighted by molar-refractivity contribution is 5.94. The Morgan fingerprint density at radius 2 is 1.52 bits per heavy atom. The van der Waals surface area contributed by atoms with Crippen LogP contribution in [0, 0.1) is 5.92 Å². The molecule has 3 heterocycles. The van der Waals surface area contributed by atoms with Gasteiger partial charge in [-0.15, -0.1) is 0 Å². The van der Waals surface area contributed by atoms with Crippen LogP contribution in [-0.4, -0.2) is 71.8 Å². The number of piperidine rings is 3. The SMILES string of the molecule is CC(=O)N1CCC(Cc2ccc(C(=O)N3CCCCC3CN3CCCCC3)cc2)CC1. The Hall–Kier alpha value is -1.88. The third-order valence-electron chi connectivity index (χ3n) is 7.59. The molecular formula is C26H39N3O2. The highest BCUT2D eigenvalue weighted by Gasteiger charge is 2.29. The molecule has 2 amide bonds. The smallest absolute Gasteiger partial charge is 0.254 e. The van der Waals surface area contributed by atoms with Gasteiger partial charge in [0.2, 0.25) is 5.91 Å². The van der Waals surface area contributed by atoms with Gasteiger partial charge in [0.15, 0.2) is 0 Å². The minimum Gasteiger partial charge on any atom is -0.343 e. The van der Waals surface area contributed by atoms with Crippen molar-refractivity contribution in [2.45, 2.75) is 70.8 Å². The van der Waals surface area contributed by atoms with Crippen molar-refractivity contribution >= 4 is 11.8 Å². The van der Waals surface area contributed by atoms with Crippen LogP contribution in [0.15, 0.2) is 24.3 Å².